The van der Waals surface area contributed by atoms with Gasteiger partial charge in [0, 0.05) is 0 Å². The van der Waals surface area contributed by atoms with Crippen molar-refractivity contribution in [2.24, 2.45) is 0 Å². The normalized spacial score (nSPS) is 24.9. The summed E-state index contributed by atoms with van der Waals surface area (Å²) in [5.41, 5.74) is 1.19. The van der Waals surface area contributed by atoms with Crippen molar-refractivity contribution in [1.82, 2.24) is 0 Å². The van der Waals surface area contributed by atoms with E-state index in [9.17, 15) is 0 Å². The zero-order valence-corrected chi connectivity index (χ0v) is 14.8. The molecule has 0 bridgehead atoms. The van der Waals surface area contributed by atoms with Gasteiger partial charge in [0.15, 0.2) is 0 Å². The fourth-order valence-electron chi connectivity index (χ4n) is 2.93. The summed E-state index contributed by atoms with van der Waals surface area (Å²) in [4.78, 5) is 0.558. The minimum atomic E-state index is 0.139. The Bertz CT molecular complexity index is 599. The quantitative estimate of drug-likeness (QED) is 0.773. The van der Waals surface area contributed by atoms with E-state index in [4.69, 9.17) is 9.47 Å². The molecule has 2 aromatic rings. The summed E-state index contributed by atoms with van der Waals surface area (Å²) in [6.07, 6.45) is 2.82. The predicted octanol–water partition coefficient (Wildman–Crippen LogP) is 3.75. The summed E-state index contributed by atoms with van der Waals surface area (Å²) < 4.78 is 13.3. The fraction of sp³-hybridized carbons (Fsp3) is 0.368. The first kappa shape index (κ1) is 15.6. The van der Waals surface area contributed by atoms with Crippen molar-refractivity contribution in [3.05, 3.63) is 60.2 Å². The fourth-order valence-corrected chi connectivity index (χ4v) is 5.55. The van der Waals surface area contributed by atoms with Crippen LogP contribution in [-0.2, 0) is 4.74 Å². The summed E-state index contributed by atoms with van der Waals surface area (Å²) in [7, 11) is 1.74. The molecule has 0 N–H and O–H groups in total. The maximum atomic E-state index is 6.34. The first-order chi connectivity index (χ1) is 10.8. The Balaban J connectivity index is 1.87. The van der Waals surface area contributed by atoms with Crippen molar-refractivity contribution < 1.29 is 9.47 Å². The van der Waals surface area contributed by atoms with Crippen molar-refractivity contribution in [2.45, 2.75) is 36.8 Å². The molecule has 1 heterocycles. The second-order valence-electron chi connectivity index (χ2n) is 5.66. The molecule has 0 radical (unpaired) electrons. The molecule has 0 amide bonds. The van der Waals surface area contributed by atoms with E-state index in [0.717, 1.165) is 12.2 Å². The van der Waals surface area contributed by atoms with Crippen molar-refractivity contribution in [3.8, 4) is 5.75 Å². The second kappa shape index (κ2) is 7.32. The Labute approximate surface area is 139 Å². The van der Waals surface area contributed by atoms with Gasteiger partial charge in [-0.15, -0.1) is 0 Å². The number of ether oxygens (including phenoxy) is 2. The average molecular weight is 361 g/mol. The number of rotatable bonds is 4. The zero-order valence-electron chi connectivity index (χ0n) is 13.1. The van der Waals surface area contributed by atoms with Gasteiger partial charge in [0.25, 0.3) is 0 Å². The van der Waals surface area contributed by atoms with Crippen LogP contribution < -0.4 is 9.20 Å². The van der Waals surface area contributed by atoms with Gasteiger partial charge in [0.05, 0.1) is 0 Å². The standard InChI is InChI=1S/C19H22O2Se/c1-14-12-13-18(22-15-8-4-3-5-9-15)19(21-14)16-10-6-7-11-17(16)20-2/h3-11,14,18-19H,12-13H2,1-2H3/t14?,18-,19+/m0/s1. The third kappa shape index (κ3) is 3.54. The van der Waals surface area contributed by atoms with E-state index in [0.29, 0.717) is 25.9 Å². The van der Waals surface area contributed by atoms with Crippen LogP contribution in [-0.4, -0.2) is 28.2 Å². The molecule has 2 nitrogen and oxygen atoms in total. The van der Waals surface area contributed by atoms with Gasteiger partial charge in [-0.05, 0) is 0 Å². The molecule has 1 aliphatic heterocycles. The number of para-hydroxylation sites is 1. The number of benzene rings is 2. The Kier molecular flexibility index (Phi) is 5.20. The first-order valence-corrected chi connectivity index (χ1v) is 9.62. The summed E-state index contributed by atoms with van der Waals surface area (Å²) in [6.45, 7) is 2.17. The van der Waals surface area contributed by atoms with Crippen molar-refractivity contribution in [1.29, 1.82) is 0 Å². The van der Waals surface area contributed by atoms with E-state index in [2.05, 4.69) is 49.4 Å². The second-order valence-corrected chi connectivity index (χ2v) is 8.41. The Morgan fingerprint density at radius 2 is 1.73 bits per heavy atom. The monoisotopic (exact) mass is 362 g/mol. The third-order valence-electron chi connectivity index (χ3n) is 4.05. The van der Waals surface area contributed by atoms with E-state index in [1.807, 2.05) is 12.1 Å². The van der Waals surface area contributed by atoms with Crippen LogP contribution in [0.3, 0.4) is 0 Å². The summed E-state index contributed by atoms with van der Waals surface area (Å²) in [5.74, 6) is 0.940. The zero-order chi connectivity index (χ0) is 15.4. The van der Waals surface area contributed by atoms with Crippen LogP contribution >= 0.6 is 0 Å². The summed E-state index contributed by atoms with van der Waals surface area (Å²) in [5, 5.41) is 0. The molecular formula is C19H22O2Se. The van der Waals surface area contributed by atoms with Crippen LogP contribution in [0.25, 0.3) is 0 Å². The van der Waals surface area contributed by atoms with Crippen LogP contribution in [0.2, 0.25) is 4.82 Å². The Morgan fingerprint density at radius 3 is 2.50 bits per heavy atom. The van der Waals surface area contributed by atoms with Gasteiger partial charge in [-0.3, -0.25) is 0 Å². The Hall–Kier alpha value is -1.28. The minimum absolute atomic E-state index is 0.139. The molecule has 3 rings (SSSR count). The Morgan fingerprint density at radius 1 is 1.00 bits per heavy atom. The van der Waals surface area contributed by atoms with Crippen molar-refractivity contribution in [2.75, 3.05) is 7.11 Å². The first-order valence-electron chi connectivity index (χ1n) is 7.78. The van der Waals surface area contributed by atoms with E-state index < -0.39 is 0 Å². The van der Waals surface area contributed by atoms with Crippen LogP contribution in [0.4, 0.5) is 0 Å². The van der Waals surface area contributed by atoms with Gasteiger partial charge in [-0.25, -0.2) is 0 Å². The van der Waals surface area contributed by atoms with Crippen LogP contribution in [0, 0.1) is 0 Å². The van der Waals surface area contributed by atoms with Crippen molar-refractivity contribution in [3.63, 3.8) is 0 Å². The topological polar surface area (TPSA) is 18.5 Å². The summed E-state index contributed by atoms with van der Waals surface area (Å²) >= 11 is 0.410. The van der Waals surface area contributed by atoms with Crippen LogP contribution in [0.1, 0.15) is 31.4 Å². The SMILES string of the molecule is COc1ccccc1[C@H]1OC(C)CC[C@@H]1[Se]c1ccccc1. The number of hydrogen-bond donors (Lipinski definition) is 0. The molecular weight excluding hydrogens is 339 g/mol. The molecule has 3 atom stereocenters. The summed E-state index contributed by atoms with van der Waals surface area (Å²) in [6, 6.07) is 19.1. The molecule has 3 heteroatoms. The molecule has 0 aromatic heterocycles. The molecule has 22 heavy (non-hydrogen) atoms. The van der Waals surface area contributed by atoms with Gasteiger partial charge in [-0.2, -0.15) is 0 Å². The number of hydrogen-bond acceptors (Lipinski definition) is 2. The van der Waals surface area contributed by atoms with Gasteiger partial charge < -0.3 is 0 Å². The van der Waals surface area contributed by atoms with Gasteiger partial charge >= 0.3 is 139 Å². The predicted molar refractivity (Wildman–Crippen MR) is 91.1 cm³/mol. The molecule has 1 saturated heterocycles. The van der Waals surface area contributed by atoms with E-state index in [1.165, 1.54) is 16.4 Å². The van der Waals surface area contributed by atoms with Crippen LogP contribution in [0.15, 0.2) is 54.6 Å². The molecule has 0 spiro atoms. The molecule has 1 fully saturated rings. The number of methoxy groups -OCH3 is 1. The molecule has 116 valence electrons. The maximum absolute atomic E-state index is 6.34. The molecule has 0 aliphatic carbocycles. The molecule has 0 saturated carbocycles. The van der Waals surface area contributed by atoms with Gasteiger partial charge in [0.2, 0.25) is 0 Å². The van der Waals surface area contributed by atoms with E-state index in [-0.39, 0.29) is 6.10 Å². The third-order valence-corrected chi connectivity index (χ3v) is 6.84. The molecule has 1 aliphatic rings. The van der Waals surface area contributed by atoms with Crippen LogP contribution in [0.5, 0.6) is 5.75 Å². The average Bonchev–Trinajstić information content (AvgIpc) is 2.57. The van der Waals surface area contributed by atoms with Crippen molar-refractivity contribution >= 4 is 19.4 Å². The van der Waals surface area contributed by atoms with E-state index >= 15 is 0 Å². The molecule has 1 unspecified atom stereocenters. The van der Waals surface area contributed by atoms with E-state index in [1.54, 1.807) is 7.11 Å². The molecule has 2 aromatic carbocycles. The van der Waals surface area contributed by atoms with Gasteiger partial charge in [-0.1, -0.05) is 0 Å². The van der Waals surface area contributed by atoms with Gasteiger partial charge in [0.1, 0.15) is 0 Å².